The average molecular weight is 336 g/mol. The molecule has 1 saturated heterocycles. The number of benzene rings is 1. The van der Waals surface area contributed by atoms with Crippen molar-refractivity contribution in [1.82, 2.24) is 10.3 Å². The summed E-state index contributed by atoms with van der Waals surface area (Å²) < 4.78 is 5.85. The summed E-state index contributed by atoms with van der Waals surface area (Å²) in [6.45, 7) is 2.50. The molecule has 6 nitrogen and oxygen atoms in total. The summed E-state index contributed by atoms with van der Waals surface area (Å²) in [5.74, 6) is 0.661. The van der Waals surface area contributed by atoms with Crippen molar-refractivity contribution in [3.63, 3.8) is 0 Å². The third kappa shape index (κ3) is 4.55. The zero-order valence-corrected chi connectivity index (χ0v) is 13.9. The van der Waals surface area contributed by atoms with Gasteiger partial charge in [0.05, 0.1) is 17.7 Å². The van der Waals surface area contributed by atoms with E-state index in [1.54, 1.807) is 30.5 Å². The lowest BCUT2D eigenvalue weighted by Gasteiger charge is -2.25. The van der Waals surface area contributed by atoms with Gasteiger partial charge in [0, 0.05) is 38.0 Å². The third-order valence-corrected chi connectivity index (χ3v) is 4.07. The molecule has 3 rings (SSSR count). The highest BCUT2D eigenvalue weighted by molar-refractivity contribution is 5.94. The van der Waals surface area contributed by atoms with Crippen LogP contribution in [0.1, 0.15) is 22.3 Å². The van der Waals surface area contributed by atoms with Gasteiger partial charge in [0.2, 0.25) is 0 Å². The lowest BCUT2D eigenvalue weighted by molar-refractivity contribution is 0.0639. The van der Waals surface area contributed by atoms with Crippen LogP contribution in [0.2, 0.25) is 0 Å². The molecule has 1 unspecified atom stereocenters. The number of anilines is 1. The number of nitriles is 1. The fraction of sp³-hybridized carbons (Fsp3) is 0.316. The second-order valence-electron chi connectivity index (χ2n) is 5.88. The van der Waals surface area contributed by atoms with Crippen LogP contribution in [0.5, 0.6) is 0 Å². The molecule has 0 bridgehead atoms. The number of hydrogen-bond acceptors (Lipinski definition) is 5. The van der Waals surface area contributed by atoms with E-state index in [4.69, 9.17) is 10.00 Å². The van der Waals surface area contributed by atoms with Crippen LogP contribution in [-0.4, -0.2) is 43.2 Å². The minimum Gasteiger partial charge on any atom is -0.374 e. The van der Waals surface area contributed by atoms with Gasteiger partial charge in [0.25, 0.3) is 5.91 Å². The monoisotopic (exact) mass is 336 g/mol. The highest BCUT2D eigenvalue weighted by atomic mass is 16.5. The molecule has 1 fully saturated rings. The maximum Gasteiger partial charge on any atom is 0.251 e. The maximum absolute atomic E-state index is 12.2. The predicted molar refractivity (Wildman–Crippen MR) is 94.3 cm³/mol. The lowest BCUT2D eigenvalue weighted by atomic mass is 10.2. The number of pyridine rings is 1. The lowest BCUT2D eigenvalue weighted by Crippen LogP contribution is -2.40. The Morgan fingerprint density at radius 1 is 1.36 bits per heavy atom. The van der Waals surface area contributed by atoms with Crippen molar-refractivity contribution in [3.8, 4) is 6.07 Å². The van der Waals surface area contributed by atoms with E-state index in [9.17, 15) is 4.79 Å². The molecule has 2 heterocycles. The molecule has 1 aromatic carbocycles. The number of rotatable bonds is 4. The number of carbonyl (C=O) groups is 1. The van der Waals surface area contributed by atoms with Crippen molar-refractivity contribution in [3.05, 3.63) is 59.8 Å². The standard InChI is InChI=1S/C19H20N4O2/c20-12-15-7-8-21-18(11-15)23-9-4-10-25-17(14-23)13-22-19(24)16-5-2-1-3-6-16/h1-3,5-8,11,17H,4,9-10,13-14H2,(H,22,24). The molecule has 0 saturated carbocycles. The molecule has 6 heteroatoms. The van der Waals surface area contributed by atoms with Crippen molar-refractivity contribution >= 4 is 11.7 Å². The number of nitrogens with zero attached hydrogens (tertiary/aromatic N) is 3. The fourth-order valence-corrected chi connectivity index (χ4v) is 2.79. The van der Waals surface area contributed by atoms with E-state index in [0.717, 1.165) is 18.8 Å². The van der Waals surface area contributed by atoms with Gasteiger partial charge in [0.15, 0.2) is 0 Å². The molecule has 1 aliphatic rings. The smallest absolute Gasteiger partial charge is 0.251 e. The Morgan fingerprint density at radius 2 is 2.20 bits per heavy atom. The Hall–Kier alpha value is -2.91. The van der Waals surface area contributed by atoms with Crippen LogP contribution in [0.25, 0.3) is 0 Å². The summed E-state index contributed by atoms with van der Waals surface area (Å²) in [7, 11) is 0. The molecule has 0 aliphatic carbocycles. The minimum atomic E-state index is -0.122. The summed E-state index contributed by atoms with van der Waals surface area (Å²) >= 11 is 0. The second kappa shape index (κ2) is 8.27. The SMILES string of the molecule is N#Cc1ccnc(N2CCCOC(CNC(=O)c3ccccc3)C2)c1. The summed E-state index contributed by atoms with van der Waals surface area (Å²) in [6.07, 6.45) is 2.40. The van der Waals surface area contributed by atoms with Gasteiger partial charge in [0.1, 0.15) is 5.82 Å². The van der Waals surface area contributed by atoms with E-state index in [2.05, 4.69) is 21.3 Å². The number of hydrogen-bond donors (Lipinski definition) is 1. The molecule has 25 heavy (non-hydrogen) atoms. The Balaban J connectivity index is 1.62. The quantitative estimate of drug-likeness (QED) is 0.924. The topological polar surface area (TPSA) is 78.2 Å². The van der Waals surface area contributed by atoms with Crippen LogP contribution in [-0.2, 0) is 4.74 Å². The summed E-state index contributed by atoms with van der Waals surface area (Å²) in [4.78, 5) is 18.6. The van der Waals surface area contributed by atoms with Crippen LogP contribution in [0.15, 0.2) is 48.7 Å². The Morgan fingerprint density at radius 3 is 3.00 bits per heavy atom. The zero-order chi connectivity index (χ0) is 17.5. The average Bonchev–Trinajstić information content (AvgIpc) is 2.92. The van der Waals surface area contributed by atoms with Crippen LogP contribution in [0.4, 0.5) is 5.82 Å². The van der Waals surface area contributed by atoms with Crippen molar-refractivity contribution in [1.29, 1.82) is 5.26 Å². The highest BCUT2D eigenvalue weighted by Gasteiger charge is 2.21. The van der Waals surface area contributed by atoms with E-state index in [-0.39, 0.29) is 12.0 Å². The van der Waals surface area contributed by atoms with E-state index >= 15 is 0 Å². The highest BCUT2D eigenvalue weighted by Crippen LogP contribution is 2.16. The van der Waals surface area contributed by atoms with Gasteiger partial charge >= 0.3 is 0 Å². The summed E-state index contributed by atoms with van der Waals surface area (Å²) in [6, 6.07) is 14.7. The summed E-state index contributed by atoms with van der Waals surface area (Å²) in [5, 5.41) is 12.0. The Bertz CT molecular complexity index is 758. The number of ether oxygens (including phenoxy) is 1. The molecule has 0 spiro atoms. The third-order valence-electron chi connectivity index (χ3n) is 4.07. The first-order chi connectivity index (χ1) is 12.3. The van der Waals surface area contributed by atoms with Crippen molar-refractivity contribution in [2.24, 2.45) is 0 Å². The minimum absolute atomic E-state index is 0.107. The Labute approximate surface area is 147 Å². The van der Waals surface area contributed by atoms with Crippen molar-refractivity contribution < 1.29 is 9.53 Å². The van der Waals surface area contributed by atoms with Crippen LogP contribution in [0, 0.1) is 11.3 Å². The fourth-order valence-electron chi connectivity index (χ4n) is 2.79. The van der Waals surface area contributed by atoms with Crippen molar-refractivity contribution in [2.45, 2.75) is 12.5 Å². The van der Waals surface area contributed by atoms with Crippen molar-refractivity contribution in [2.75, 3.05) is 31.1 Å². The number of carbonyl (C=O) groups excluding carboxylic acids is 1. The first kappa shape index (κ1) is 16.9. The van der Waals surface area contributed by atoms with Crippen LogP contribution < -0.4 is 10.2 Å². The second-order valence-corrected chi connectivity index (χ2v) is 5.88. The van der Waals surface area contributed by atoms with Gasteiger partial charge in [-0.25, -0.2) is 4.98 Å². The summed E-state index contributed by atoms with van der Waals surface area (Å²) in [5.41, 5.74) is 1.22. The largest absolute Gasteiger partial charge is 0.374 e. The molecular formula is C19H20N4O2. The molecule has 128 valence electrons. The number of amides is 1. The van der Waals surface area contributed by atoms with Gasteiger partial charge in [-0.1, -0.05) is 18.2 Å². The first-order valence-electron chi connectivity index (χ1n) is 8.32. The molecule has 1 N–H and O–H groups in total. The van der Waals surface area contributed by atoms with Crippen LogP contribution in [0.3, 0.4) is 0 Å². The van der Waals surface area contributed by atoms with Gasteiger partial charge in [-0.2, -0.15) is 5.26 Å². The van der Waals surface area contributed by atoms with E-state index in [0.29, 0.717) is 30.8 Å². The normalized spacial score (nSPS) is 17.4. The van der Waals surface area contributed by atoms with Crippen LogP contribution >= 0.6 is 0 Å². The molecule has 1 amide bonds. The predicted octanol–water partition coefficient (Wildman–Crippen LogP) is 1.98. The van der Waals surface area contributed by atoms with Gasteiger partial charge in [-0.05, 0) is 30.7 Å². The van der Waals surface area contributed by atoms with E-state index in [1.807, 2.05) is 18.2 Å². The molecule has 1 aliphatic heterocycles. The first-order valence-corrected chi connectivity index (χ1v) is 8.32. The molecule has 2 aromatic rings. The zero-order valence-electron chi connectivity index (χ0n) is 13.9. The Kier molecular flexibility index (Phi) is 5.60. The molecular weight excluding hydrogens is 316 g/mol. The van der Waals surface area contributed by atoms with Gasteiger partial charge in [-0.15, -0.1) is 0 Å². The number of nitrogens with one attached hydrogen (secondary N) is 1. The maximum atomic E-state index is 12.2. The van der Waals surface area contributed by atoms with Gasteiger partial charge in [-0.3, -0.25) is 4.79 Å². The number of aromatic nitrogens is 1. The van der Waals surface area contributed by atoms with Gasteiger partial charge < -0.3 is 15.0 Å². The molecule has 0 radical (unpaired) electrons. The molecule has 1 aromatic heterocycles. The molecule has 1 atom stereocenters. The van der Waals surface area contributed by atoms with E-state index in [1.165, 1.54) is 0 Å². The van der Waals surface area contributed by atoms with E-state index < -0.39 is 0 Å².